The van der Waals surface area contributed by atoms with E-state index in [0.29, 0.717) is 28.8 Å². The summed E-state index contributed by atoms with van der Waals surface area (Å²) in [6, 6.07) is 6.02. The van der Waals surface area contributed by atoms with Crippen LogP contribution in [0.3, 0.4) is 0 Å². The monoisotopic (exact) mass is 405 g/mol. The standard InChI is InChI=1S/C18H20BrN3O3/c1-4-13-14(10(3)23)9(2)21-16(13)18(25)22-15(17(20)24)11-6-5-7-12(19)8-11/h5-8,15,21H,4H2,1-3H3,(H2,20,24)(H,22,25)/t15-/m0/s1. The van der Waals surface area contributed by atoms with E-state index in [2.05, 4.69) is 26.2 Å². The normalized spacial score (nSPS) is 11.8. The van der Waals surface area contributed by atoms with E-state index in [1.54, 1.807) is 25.1 Å². The number of carbonyl (C=O) groups is 3. The van der Waals surface area contributed by atoms with Crippen molar-refractivity contribution >= 4 is 33.5 Å². The molecule has 0 radical (unpaired) electrons. The molecule has 2 aromatic rings. The van der Waals surface area contributed by atoms with Crippen molar-refractivity contribution in [2.24, 2.45) is 5.73 Å². The Kier molecular flexibility index (Phi) is 5.79. The van der Waals surface area contributed by atoms with Gasteiger partial charge in [-0.25, -0.2) is 0 Å². The molecule has 0 fully saturated rings. The van der Waals surface area contributed by atoms with Crippen molar-refractivity contribution in [2.75, 3.05) is 0 Å². The van der Waals surface area contributed by atoms with Crippen LogP contribution in [0.4, 0.5) is 0 Å². The Labute approximate surface area is 154 Å². The molecule has 1 aromatic carbocycles. The third kappa shape index (κ3) is 3.99. The Morgan fingerprint density at radius 1 is 1.32 bits per heavy atom. The van der Waals surface area contributed by atoms with Crippen LogP contribution in [0.5, 0.6) is 0 Å². The Morgan fingerprint density at radius 2 is 2.00 bits per heavy atom. The maximum Gasteiger partial charge on any atom is 0.268 e. The molecule has 0 spiro atoms. The molecule has 0 aliphatic carbocycles. The van der Waals surface area contributed by atoms with E-state index in [9.17, 15) is 14.4 Å². The first-order chi connectivity index (χ1) is 11.8. The summed E-state index contributed by atoms with van der Waals surface area (Å²) < 4.78 is 0.773. The highest BCUT2D eigenvalue weighted by Gasteiger charge is 2.26. The second-order valence-corrected chi connectivity index (χ2v) is 6.67. The lowest BCUT2D eigenvalue weighted by Gasteiger charge is -2.16. The maximum absolute atomic E-state index is 12.7. The zero-order valence-corrected chi connectivity index (χ0v) is 15.9. The van der Waals surface area contributed by atoms with Gasteiger partial charge in [0.1, 0.15) is 11.7 Å². The van der Waals surface area contributed by atoms with E-state index >= 15 is 0 Å². The van der Waals surface area contributed by atoms with Gasteiger partial charge in [-0.2, -0.15) is 0 Å². The van der Waals surface area contributed by atoms with Crippen LogP contribution in [0.2, 0.25) is 0 Å². The van der Waals surface area contributed by atoms with Crippen molar-refractivity contribution in [2.45, 2.75) is 33.2 Å². The molecule has 0 aliphatic rings. The highest BCUT2D eigenvalue weighted by molar-refractivity contribution is 9.10. The predicted octanol–water partition coefficient (Wildman–Crippen LogP) is 2.81. The zero-order valence-electron chi connectivity index (χ0n) is 14.3. The summed E-state index contributed by atoms with van der Waals surface area (Å²) in [5, 5.41) is 2.65. The van der Waals surface area contributed by atoms with Gasteiger partial charge in [-0.05, 0) is 43.5 Å². The first kappa shape index (κ1) is 18.9. The van der Waals surface area contributed by atoms with E-state index in [0.717, 1.165) is 4.47 Å². The van der Waals surface area contributed by atoms with Crippen LogP contribution in [0, 0.1) is 6.92 Å². The molecule has 1 aromatic heterocycles. The molecule has 0 bridgehead atoms. The Balaban J connectivity index is 2.39. The van der Waals surface area contributed by atoms with Crippen LogP contribution >= 0.6 is 15.9 Å². The summed E-state index contributed by atoms with van der Waals surface area (Å²) in [4.78, 5) is 39.4. The topological polar surface area (TPSA) is 105 Å². The van der Waals surface area contributed by atoms with Crippen molar-refractivity contribution in [1.29, 1.82) is 0 Å². The molecule has 2 rings (SSSR count). The van der Waals surface area contributed by atoms with Crippen molar-refractivity contribution in [3.05, 3.63) is 56.8 Å². The number of Topliss-reactive ketones (excluding diaryl/α,β-unsaturated/α-hetero) is 1. The molecule has 0 unspecified atom stereocenters. The van der Waals surface area contributed by atoms with Crippen molar-refractivity contribution in [3.63, 3.8) is 0 Å². The average molecular weight is 406 g/mol. The number of nitrogens with two attached hydrogens (primary N) is 1. The van der Waals surface area contributed by atoms with Crippen LogP contribution in [0.1, 0.15) is 57.6 Å². The van der Waals surface area contributed by atoms with Gasteiger partial charge in [0.05, 0.1) is 0 Å². The molecule has 0 aliphatic heterocycles. The molecule has 1 atom stereocenters. The van der Waals surface area contributed by atoms with Crippen molar-refractivity contribution in [1.82, 2.24) is 10.3 Å². The summed E-state index contributed by atoms with van der Waals surface area (Å²) in [6.07, 6.45) is 0.514. The van der Waals surface area contributed by atoms with E-state index in [1.807, 2.05) is 13.0 Å². The number of primary amides is 1. The highest BCUT2D eigenvalue weighted by Crippen LogP contribution is 2.22. The highest BCUT2D eigenvalue weighted by atomic mass is 79.9. The number of benzene rings is 1. The number of amides is 2. The Bertz CT molecular complexity index is 842. The summed E-state index contributed by atoms with van der Waals surface area (Å²) in [6.45, 7) is 5.07. The average Bonchev–Trinajstić information content (AvgIpc) is 2.88. The molecule has 0 saturated heterocycles. The summed E-state index contributed by atoms with van der Waals surface area (Å²) in [5.74, 6) is -1.25. The third-order valence-corrected chi connectivity index (χ3v) is 4.46. The first-order valence-corrected chi connectivity index (χ1v) is 8.63. The number of aromatic nitrogens is 1. The van der Waals surface area contributed by atoms with E-state index in [4.69, 9.17) is 5.73 Å². The minimum atomic E-state index is -0.973. The molecular weight excluding hydrogens is 386 g/mol. The van der Waals surface area contributed by atoms with Crippen LogP contribution < -0.4 is 11.1 Å². The van der Waals surface area contributed by atoms with Crippen molar-refractivity contribution < 1.29 is 14.4 Å². The van der Waals surface area contributed by atoms with Crippen LogP contribution in [0.15, 0.2) is 28.7 Å². The van der Waals surface area contributed by atoms with Gasteiger partial charge in [-0.15, -0.1) is 0 Å². The smallest absolute Gasteiger partial charge is 0.268 e. The van der Waals surface area contributed by atoms with Gasteiger partial charge < -0.3 is 16.0 Å². The minimum Gasteiger partial charge on any atom is -0.368 e. The summed E-state index contributed by atoms with van der Waals surface area (Å²) >= 11 is 3.33. The molecule has 1 heterocycles. The number of aryl methyl sites for hydroxylation is 1. The summed E-state index contributed by atoms with van der Waals surface area (Å²) in [7, 11) is 0. The van der Waals surface area contributed by atoms with Gasteiger partial charge in [-0.1, -0.05) is 35.0 Å². The molecule has 25 heavy (non-hydrogen) atoms. The van der Waals surface area contributed by atoms with E-state index in [-0.39, 0.29) is 11.5 Å². The minimum absolute atomic E-state index is 0.108. The van der Waals surface area contributed by atoms with Gasteiger partial charge in [0.15, 0.2) is 5.78 Å². The van der Waals surface area contributed by atoms with Crippen LogP contribution in [-0.4, -0.2) is 22.6 Å². The molecule has 6 nitrogen and oxygen atoms in total. The molecule has 7 heteroatoms. The van der Waals surface area contributed by atoms with Crippen LogP contribution in [0.25, 0.3) is 0 Å². The number of nitrogens with one attached hydrogen (secondary N) is 2. The number of ketones is 1. The third-order valence-electron chi connectivity index (χ3n) is 3.97. The van der Waals surface area contributed by atoms with E-state index < -0.39 is 17.9 Å². The first-order valence-electron chi connectivity index (χ1n) is 7.84. The quantitative estimate of drug-likeness (QED) is 0.643. The maximum atomic E-state index is 12.7. The molecule has 2 amide bonds. The number of H-pyrrole nitrogens is 1. The van der Waals surface area contributed by atoms with Crippen LogP contribution in [-0.2, 0) is 11.2 Å². The zero-order chi connectivity index (χ0) is 18.7. The van der Waals surface area contributed by atoms with Gasteiger partial charge in [0.25, 0.3) is 5.91 Å². The second-order valence-electron chi connectivity index (χ2n) is 5.75. The molecule has 0 saturated carbocycles. The molecule has 132 valence electrons. The molecular formula is C18H20BrN3O3. The lowest BCUT2D eigenvalue weighted by molar-refractivity contribution is -0.120. The molecule has 4 N–H and O–H groups in total. The van der Waals surface area contributed by atoms with Gasteiger partial charge in [-0.3, -0.25) is 14.4 Å². The second kappa shape index (κ2) is 7.65. The number of rotatable bonds is 6. The number of hydrogen-bond acceptors (Lipinski definition) is 3. The number of hydrogen-bond donors (Lipinski definition) is 3. The van der Waals surface area contributed by atoms with Gasteiger partial charge in [0.2, 0.25) is 5.91 Å². The largest absolute Gasteiger partial charge is 0.368 e. The fourth-order valence-electron chi connectivity index (χ4n) is 2.91. The number of aromatic amines is 1. The lowest BCUT2D eigenvalue weighted by atomic mass is 10.0. The predicted molar refractivity (Wildman–Crippen MR) is 98.5 cm³/mol. The Morgan fingerprint density at radius 3 is 2.52 bits per heavy atom. The fourth-order valence-corrected chi connectivity index (χ4v) is 3.33. The van der Waals surface area contributed by atoms with Crippen molar-refractivity contribution in [3.8, 4) is 0 Å². The number of carbonyl (C=O) groups excluding carboxylic acids is 3. The van der Waals surface area contributed by atoms with Gasteiger partial charge in [0, 0.05) is 15.7 Å². The Hall–Kier alpha value is -2.41. The SMILES string of the molecule is CCc1c(C(=O)N[C@H](C(N)=O)c2cccc(Br)c2)[nH]c(C)c1C(C)=O. The summed E-state index contributed by atoms with van der Waals surface area (Å²) in [5.41, 5.74) is 8.11. The van der Waals surface area contributed by atoms with Gasteiger partial charge >= 0.3 is 0 Å². The fraction of sp³-hybridized carbons (Fsp3) is 0.278. The lowest BCUT2D eigenvalue weighted by Crippen LogP contribution is -2.38. The van der Waals surface area contributed by atoms with E-state index in [1.165, 1.54) is 6.92 Å². The number of halogens is 1.